The summed E-state index contributed by atoms with van der Waals surface area (Å²) in [6, 6.07) is 15.1. The predicted molar refractivity (Wildman–Crippen MR) is 158 cm³/mol. The predicted octanol–water partition coefficient (Wildman–Crippen LogP) is 7.04. The summed E-state index contributed by atoms with van der Waals surface area (Å²) >= 11 is 0. The van der Waals surface area contributed by atoms with E-state index in [9.17, 15) is 4.79 Å². The second-order valence-electron chi connectivity index (χ2n) is 10.0. The Morgan fingerprint density at radius 2 is 1.59 bits per heavy atom. The minimum atomic E-state index is -1.47. The van der Waals surface area contributed by atoms with Crippen molar-refractivity contribution in [3.05, 3.63) is 65.5 Å². The summed E-state index contributed by atoms with van der Waals surface area (Å²) in [5.41, 5.74) is 3.00. The van der Waals surface area contributed by atoms with Gasteiger partial charge in [0.05, 0.1) is 17.5 Å². The lowest BCUT2D eigenvalue weighted by Crippen LogP contribution is -2.36. The third kappa shape index (κ3) is 10.4. The van der Waals surface area contributed by atoms with Gasteiger partial charge >= 0.3 is 0 Å². The van der Waals surface area contributed by atoms with E-state index in [-0.39, 0.29) is 50.0 Å². The number of benzene rings is 2. The number of aliphatic hydroxyl groups is 1. The molecule has 212 valence electrons. The van der Waals surface area contributed by atoms with E-state index in [1.54, 1.807) is 24.3 Å². The molecule has 0 fully saturated rings. The van der Waals surface area contributed by atoms with Crippen molar-refractivity contribution in [1.82, 2.24) is 4.67 Å². The van der Waals surface area contributed by atoms with E-state index in [4.69, 9.17) is 22.2 Å². The maximum atomic E-state index is 13.2. The van der Waals surface area contributed by atoms with Crippen molar-refractivity contribution in [2.45, 2.75) is 59.2 Å². The van der Waals surface area contributed by atoms with Crippen LogP contribution in [0, 0.1) is 12.5 Å². The Morgan fingerprint density at radius 1 is 1.03 bits per heavy atom. The fraction of sp³-hybridized carbons (Fsp3) is 0.517. The summed E-state index contributed by atoms with van der Waals surface area (Å²) in [4.78, 5) is 18.5. The Morgan fingerprint density at radius 3 is 2.08 bits per heavy atom. The molecule has 0 radical (unpaired) electrons. The van der Waals surface area contributed by atoms with E-state index in [1.165, 1.54) is 0 Å². The molecule has 9 nitrogen and oxygen atoms in total. The minimum Gasteiger partial charge on any atom is -0.396 e. The Hall–Kier alpha value is -2.73. The topological polar surface area (TPSA) is 91.3 Å². The van der Waals surface area contributed by atoms with Crippen LogP contribution in [-0.4, -0.2) is 69.0 Å². The lowest BCUT2D eigenvalue weighted by atomic mass is 9.95. The number of hydrogen-bond acceptors (Lipinski definition) is 8. The molecule has 0 spiro atoms. The summed E-state index contributed by atoms with van der Waals surface area (Å²) in [7, 11) is 2.49. The molecule has 0 aliphatic heterocycles. The molecule has 0 saturated heterocycles. The highest BCUT2D eigenvalue weighted by Crippen LogP contribution is 2.48. The van der Waals surface area contributed by atoms with Gasteiger partial charge in [0.15, 0.2) is 5.78 Å². The van der Waals surface area contributed by atoms with Gasteiger partial charge in [-0.3, -0.25) is 4.79 Å². The van der Waals surface area contributed by atoms with Gasteiger partial charge < -0.3 is 23.9 Å². The number of nitrogens with zero attached hydrogens (tertiary/aromatic N) is 5. The standard InChI is InChI=1S/C29H42N5O4P/c1-21(2)34(22(3)4)39(37-18-17-30-6)38-23(5)25(20-35)19-29(36)24-9-11-26(12-10-24)31-32-27-13-15-28(16-14-27)33(7)8/h9-16,21-23,25,35H,17-20H2,1-5,7-8H3/t23-,25-,39?/m0/s1/i35D. The van der Waals surface area contributed by atoms with Crippen molar-refractivity contribution in [3.63, 3.8) is 0 Å². The first-order chi connectivity index (χ1) is 19.1. The van der Waals surface area contributed by atoms with Gasteiger partial charge in [-0.05, 0) is 83.1 Å². The Labute approximate surface area is 236 Å². The zero-order chi connectivity index (χ0) is 29.7. The number of aliphatic hydroxyl groups excluding tert-OH is 1. The Bertz CT molecular complexity index is 1100. The van der Waals surface area contributed by atoms with E-state index < -0.39 is 14.6 Å². The third-order valence-corrected chi connectivity index (χ3v) is 8.29. The molecule has 3 atom stereocenters. The molecule has 0 aliphatic carbocycles. The molecule has 0 saturated carbocycles. The van der Waals surface area contributed by atoms with Crippen molar-refractivity contribution in [1.29, 1.82) is 1.43 Å². The van der Waals surface area contributed by atoms with Gasteiger partial charge in [0.1, 0.15) is 6.61 Å². The first kappa shape index (κ1) is 30.8. The van der Waals surface area contributed by atoms with Gasteiger partial charge in [0, 0.05) is 56.4 Å². The van der Waals surface area contributed by atoms with Crippen LogP contribution in [0.15, 0.2) is 58.8 Å². The fourth-order valence-corrected chi connectivity index (χ4v) is 5.63. The first-order valence-electron chi connectivity index (χ1n) is 13.6. The zero-order valence-electron chi connectivity index (χ0n) is 25.1. The minimum absolute atomic E-state index is 0.0421. The molecule has 2 aromatic carbocycles. The number of carbonyl (C=O) groups excluding carboxylic acids is 1. The molecule has 1 N–H and O–H groups in total. The number of carbonyl (C=O) groups is 1. The van der Waals surface area contributed by atoms with Crippen LogP contribution in [0.2, 0.25) is 0 Å². The lowest BCUT2D eigenvalue weighted by Gasteiger charge is -2.37. The SMILES string of the molecule is [2H]OC[C@H](CC(=O)c1ccc(N=Nc2ccc(N(C)C)cc2)cc1)[C@H](C)OP(OCC[N+]#[C-])N(C(C)C)C(C)C. The number of ketones is 1. The number of azo groups is 1. The molecular formula is C29H42N5O4P. The Kier molecular flexibility index (Phi) is 12.9. The highest BCUT2D eigenvalue weighted by atomic mass is 31.2. The zero-order valence-corrected chi connectivity index (χ0v) is 25.0. The van der Waals surface area contributed by atoms with Gasteiger partial charge in [-0.25, -0.2) is 11.2 Å². The number of Topliss-reactive ketones (excluding diaryl/α,β-unsaturated/α-hetero) is 1. The van der Waals surface area contributed by atoms with E-state index in [1.807, 2.05) is 50.2 Å². The summed E-state index contributed by atoms with van der Waals surface area (Å²) in [6.07, 6.45) is -0.270. The van der Waals surface area contributed by atoms with Crippen LogP contribution < -0.4 is 4.90 Å². The van der Waals surface area contributed by atoms with Crippen LogP contribution in [0.5, 0.6) is 0 Å². The highest BCUT2D eigenvalue weighted by molar-refractivity contribution is 7.44. The second-order valence-corrected chi connectivity index (χ2v) is 11.4. The van der Waals surface area contributed by atoms with Crippen LogP contribution in [0.3, 0.4) is 0 Å². The van der Waals surface area contributed by atoms with E-state index in [0.717, 1.165) is 11.4 Å². The molecule has 10 heteroatoms. The van der Waals surface area contributed by atoms with Gasteiger partial charge in [-0.2, -0.15) is 10.2 Å². The van der Waals surface area contributed by atoms with Crippen LogP contribution in [-0.2, 0) is 9.05 Å². The van der Waals surface area contributed by atoms with Crippen molar-refractivity contribution in [3.8, 4) is 0 Å². The molecule has 0 aliphatic rings. The second kappa shape index (κ2) is 16.4. The maximum absolute atomic E-state index is 13.2. The summed E-state index contributed by atoms with van der Waals surface area (Å²) in [6.45, 7) is 17.8. The molecule has 0 aromatic heterocycles. The number of hydrogen-bond donors (Lipinski definition) is 1. The average molecular weight is 557 g/mol. The van der Waals surface area contributed by atoms with Crippen molar-refractivity contribution >= 4 is 31.4 Å². The average Bonchev–Trinajstić information content (AvgIpc) is 2.91. The largest absolute Gasteiger partial charge is 0.396 e. The van der Waals surface area contributed by atoms with Gasteiger partial charge in [-0.15, -0.1) is 0 Å². The normalized spacial score (nSPS) is 14.4. The monoisotopic (exact) mass is 556 g/mol. The van der Waals surface area contributed by atoms with Crippen molar-refractivity contribution in [2.75, 3.05) is 38.8 Å². The van der Waals surface area contributed by atoms with E-state index in [2.05, 4.69) is 47.4 Å². The molecule has 2 rings (SSSR count). The quantitative estimate of drug-likeness (QED) is 0.0739. The van der Waals surface area contributed by atoms with Crippen molar-refractivity contribution < 1.29 is 19.0 Å². The van der Waals surface area contributed by atoms with Gasteiger partial charge in [0.2, 0.25) is 7.98 Å². The molecule has 39 heavy (non-hydrogen) atoms. The molecule has 0 bridgehead atoms. The maximum Gasteiger partial charge on any atom is 0.259 e. The van der Waals surface area contributed by atoms with Crippen LogP contribution in [0.1, 0.15) is 51.4 Å². The molecular weight excluding hydrogens is 513 g/mol. The highest BCUT2D eigenvalue weighted by Gasteiger charge is 2.32. The summed E-state index contributed by atoms with van der Waals surface area (Å²) in [5.74, 6) is -0.437. The smallest absolute Gasteiger partial charge is 0.259 e. The van der Waals surface area contributed by atoms with Crippen LogP contribution in [0.25, 0.3) is 4.85 Å². The fourth-order valence-electron chi connectivity index (χ4n) is 3.88. The van der Waals surface area contributed by atoms with E-state index >= 15 is 0 Å². The molecule has 1 unspecified atom stereocenters. The van der Waals surface area contributed by atoms with E-state index in [0.29, 0.717) is 11.3 Å². The lowest BCUT2D eigenvalue weighted by molar-refractivity contribution is 0.0630. The third-order valence-electron chi connectivity index (χ3n) is 6.07. The van der Waals surface area contributed by atoms with Gasteiger partial charge in [-0.1, -0.05) is 0 Å². The molecule has 2 aromatic rings. The first-order valence-corrected chi connectivity index (χ1v) is 14.3. The summed E-state index contributed by atoms with van der Waals surface area (Å²) < 4.78 is 21.8. The van der Waals surface area contributed by atoms with Crippen LogP contribution >= 0.6 is 8.53 Å². The summed E-state index contributed by atoms with van der Waals surface area (Å²) in [5, 5.41) is 13.3. The van der Waals surface area contributed by atoms with Crippen molar-refractivity contribution in [2.24, 2.45) is 16.1 Å². The van der Waals surface area contributed by atoms with Crippen LogP contribution in [0.4, 0.5) is 17.1 Å². The molecule has 0 amide bonds. The molecule has 0 heterocycles. The Balaban J connectivity index is 2.08. The number of anilines is 1. The number of rotatable bonds is 17. The van der Waals surface area contributed by atoms with Gasteiger partial charge in [0.25, 0.3) is 8.53 Å².